The summed E-state index contributed by atoms with van der Waals surface area (Å²) in [6.45, 7) is 0.0127. The number of Topliss-reactive ketones (excluding diaryl/α,β-unsaturated/α-hetero) is 1. The molecule has 0 N–H and O–H groups in total. The van der Waals surface area contributed by atoms with Crippen molar-refractivity contribution in [1.29, 1.82) is 0 Å². The van der Waals surface area contributed by atoms with E-state index in [1.54, 1.807) is 18.2 Å². The van der Waals surface area contributed by atoms with Crippen molar-refractivity contribution in [2.24, 2.45) is 10.9 Å². The number of benzene rings is 3. The second kappa shape index (κ2) is 9.02. The van der Waals surface area contributed by atoms with E-state index in [1.807, 2.05) is 72.8 Å². The Kier molecular flexibility index (Phi) is 6.01. The highest BCUT2D eigenvalue weighted by Crippen LogP contribution is 2.34. The van der Waals surface area contributed by atoms with E-state index in [2.05, 4.69) is 4.99 Å². The van der Waals surface area contributed by atoms with Crippen molar-refractivity contribution in [2.45, 2.75) is 5.92 Å². The molecule has 0 aromatic heterocycles. The maximum absolute atomic E-state index is 13.2. The smallest absolute Gasteiger partial charge is 0.167 e. The fourth-order valence-electron chi connectivity index (χ4n) is 3.77. The van der Waals surface area contributed by atoms with Crippen molar-refractivity contribution in [3.63, 3.8) is 0 Å². The van der Waals surface area contributed by atoms with Gasteiger partial charge in [-0.15, -0.1) is 0 Å². The second-order valence-electron chi connectivity index (χ2n) is 7.19. The number of hydrogen-bond donors (Lipinski definition) is 0. The maximum Gasteiger partial charge on any atom is 0.167 e. The molecule has 1 heterocycles. The van der Waals surface area contributed by atoms with Gasteiger partial charge in [-0.2, -0.15) is 0 Å². The number of carbonyl (C=O) groups excluding carboxylic acids is 2. The van der Waals surface area contributed by atoms with Crippen molar-refractivity contribution in [3.05, 3.63) is 113 Å². The van der Waals surface area contributed by atoms with Crippen LogP contribution in [0.4, 0.5) is 0 Å². The molecule has 0 saturated heterocycles. The largest absolute Gasteiger partial charge is 0.297 e. The highest BCUT2D eigenvalue weighted by molar-refractivity contribution is 6.30. The summed E-state index contributed by atoms with van der Waals surface area (Å²) in [4.78, 5) is 30.7. The van der Waals surface area contributed by atoms with E-state index in [4.69, 9.17) is 11.6 Å². The van der Waals surface area contributed by atoms with Crippen LogP contribution in [0.3, 0.4) is 0 Å². The fourth-order valence-corrected chi connectivity index (χ4v) is 3.90. The van der Waals surface area contributed by atoms with Crippen molar-refractivity contribution >= 4 is 35.0 Å². The first-order chi connectivity index (χ1) is 14.6. The van der Waals surface area contributed by atoms with Gasteiger partial charge in [0.2, 0.25) is 0 Å². The zero-order valence-corrected chi connectivity index (χ0v) is 17.0. The Balaban J connectivity index is 1.72. The number of ketones is 2. The molecular weight excluding hydrogens is 394 g/mol. The zero-order chi connectivity index (χ0) is 20.9. The lowest BCUT2D eigenvalue weighted by Crippen LogP contribution is -2.39. The van der Waals surface area contributed by atoms with E-state index in [0.29, 0.717) is 5.02 Å². The molecule has 0 amide bonds. The van der Waals surface area contributed by atoms with Crippen molar-refractivity contribution in [3.8, 4) is 0 Å². The summed E-state index contributed by atoms with van der Waals surface area (Å²) >= 11 is 5.93. The second-order valence-corrected chi connectivity index (χ2v) is 7.62. The van der Waals surface area contributed by atoms with Gasteiger partial charge in [0, 0.05) is 10.9 Å². The quantitative estimate of drug-likeness (QED) is 0.415. The van der Waals surface area contributed by atoms with Gasteiger partial charge in [-0.3, -0.25) is 14.6 Å². The van der Waals surface area contributed by atoms with E-state index >= 15 is 0 Å². The Bertz CT molecular complexity index is 1100. The van der Waals surface area contributed by atoms with Gasteiger partial charge in [-0.05, 0) is 34.9 Å². The van der Waals surface area contributed by atoms with Crippen LogP contribution >= 0.6 is 11.6 Å². The van der Waals surface area contributed by atoms with E-state index in [1.165, 1.54) is 6.08 Å². The number of aliphatic imine (C=N–C) groups is 1. The van der Waals surface area contributed by atoms with Gasteiger partial charge in [0.15, 0.2) is 11.6 Å². The molecule has 0 saturated carbocycles. The zero-order valence-electron chi connectivity index (χ0n) is 16.2. The molecule has 4 heteroatoms. The van der Waals surface area contributed by atoms with Crippen molar-refractivity contribution < 1.29 is 9.59 Å². The summed E-state index contributed by atoms with van der Waals surface area (Å²) in [7, 11) is 0. The lowest BCUT2D eigenvalue weighted by molar-refractivity contribution is -0.130. The molecule has 0 bridgehead atoms. The molecular formula is C26H20ClNO2. The monoisotopic (exact) mass is 413 g/mol. The minimum atomic E-state index is -0.802. The van der Waals surface area contributed by atoms with Gasteiger partial charge >= 0.3 is 0 Å². The number of carbonyl (C=O) groups is 2. The molecule has 1 aliphatic heterocycles. The Morgan fingerprint density at radius 1 is 0.900 bits per heavy atom. The first-order valence-corrected chi connectivity index (χ1v) is 10.2. The first kappa shape index (κ1) is 20.0. The van der Waals surface area contributed by atoms with E-state index in [9.17, 15) is 9.59 Å². The maximum atomic E-state index is 13.2. The molecule has 3 nitrogen and oxygen atoms in total. The molecule has 1 aliphatic rings. The van der Waals surface area contributed by atoms with Crippen LogP contribution in [-0.2, 0) is 9.59 Å². The van der Waals surface area contributed by atoms with Crippen LogP contribution in [-0.4, -0.2) is 23.8 Å². The Hall–Kier alpha value is -3.30. The minimum Gasteiger partial charge on any atom is -0.297 e. The average molecular weight is 414 g/mol. The van der Waals surface area contributed by atoms with Crippen molar-refractivity contribution in [2.75, 3.05) is 6.54 Å². The van der Waals surface area contributed by atoms with Crippen LogP contribution in [0, 0.1) is 5.92 Å². The lowest BCUT2D eigenvalue weighted by atomic mass is 9.74. The molecule has 148 valence electrons. The summed E-state index contributed by atoms with van der Waals surface area (Å²) in [5.41, 5.74) is 3.47. The van der Waals surface area contributed by atoms with Crippen LogP contribution in [0.5, 0.6) is 0 Å². The van der Waals surface area contributed by atoms with Crippen LogP contribution < -0.4 is 0 Å². The predicted molar refractivity (Wildman–Crippen MR) is 121 cm³/mol. The Morgan fingerprint density at radius 3 is 2.20 bits per heavy atom. The minimum absolute atomic E-state index is 0.0127. The van der Waals surface area contributed by atoms with Crippen LogP contribution in [0.1, 0.15) is 22.6 Å². The first-order valence-electron chi connectivity index (χ1n) is 9.78. The normalized spacial score (nSPS) is 19.0. The highest BCUT2D eigenvalue weighted by atomic mass is 35.5. The number of rotatable bonds is 5. The topological polar surface area (TPSA) is 46.5 Å². The number of allylic oxidation sites excluding steroid dienone is 1. The number of nitrogens with zero attached hydrogens (tertiary/aromatic N) is 1. The van der Waals surface area contributed by atoms with Crippen molar-refractivity contribution in [1.82, 2.24) is 0 Å². The SMILES string of the molecule is O=C(/C=C/c1ccc(Cl)cc1)[C@H]1C(=O)CN=C(c2ccccc2)[C@H]1c1ccccc1. The molecule has 4 rings (SSSR count). The summed E-state index contributed by atoms with van der Waals surface area (Å²) in [6.07, 6.45) is 3.22. The summed E-state index contributed by atoms with van der Waals surface area (Å²) in [6, 6.07) is 26.6. The Labute approximate surface area is 180 Å². The van der Waals surface area contributed by atoms with Gasteiger partial charge in [-0.1, -0.05) is 90.5 Å². The molecule has 2 atom stereocenters. The molecule has 0 spiro atoms. The molecule has 3 aromatic carbocycles. The fraction of sp³-hybridized carbons (Fsp3) is 0.115. The number of hydrogen-bond acceptors (Lipinski definition) is 3. The van der Waals surface area contributed by atoms with Crippen LogP contribution in [0.2, 0.25) is 5.02 Å². The summed E-state index contributed by atoms with van der Waals surface area (Å²) in [5.74, 6) is -1.60. The van der Waals surface area contributed by atoms with Gasteiger partial charge in [-0.25, -0.2) is 0 Å². The Morgan fingerprint density at radius 2 is 1.53 bits per heavy atom. The highest BCUT2D eigenvalue weighted by Gasteiger charge is 2.40. The van der Waals surface area contributed by atoms with Gasteiger partial charge in [0.1, 0.15) is 0 Å². The van der Waals surface area contributed by atoms with E-state index in [0.717, 1.165) is 22.4 Å². The molecule has 30 heavy (non-hydrogen) atoms. The lowest BCUT2D eigenvalue weighted by Gasteiger charge is -2.30. The molecule has 0 unspecified atom stereocenters. The molecule has 3 aromatic rings. The van der Waals surface area contributed by atoms with Gasteiger partial charge in [0.25, 0.3) is 0 Å². The summed E-state index contributed by atoms with van der Waals surface area (Å²) < 4.78 is 0. The predicted octanol–water partition coefficient (Wildman–Crippen LogP) is 5.39. The number of halogens is 1. The molecule has 0 radical (unpaired) electrons. The van der Waals surface area contributed by atoms with Gasteiger partial charge < -0.3 is 0 Å². The van der Waals surface area contributed by atoms with Gasteiger partial charge in [0.05, 0.1) is 18.2 Å². The van der Waals surface area contributed by atoms with Crippen LogP contribution in [0.25, 0.3) is 6.08 Å². The van der Waals surface area contributed by atoms with E-state index in [-0.39, 0.29) is 18.1 Å². The third-order valence-corrected chi connectivity index (χ3v) is 5.48. The average Bonchev–Trinajstić information content (AvgIpc) is 2.79. The molecule has 0 aliphatic carbocycles. The molecule has 0 fully saturated rings. The van der Waals surface area contributed by atoms with E-state index < -0.39 is 11.8 Å². The summed E-state index contributed by atoms with van der Waals surface area (Å²) in [5, 5.41) is 0.633. The van der Waals surface area contributed by atoms with Crippen LogP contribution in [0.15, 0.2) is 96.0 Å². The third-order valence-electron chi connectivity index (χ3n) is 5.22. The standard InChI is InChI=1S/C26H20ClNO2/c27-21-14-11-18(12-15-21)13-16-22(29)25-23(30)17-28-26(20-9-5-2-6-10-20)24(25)19-7-3-1-4-8-19/h1-16,24-25H,17H2/b16-13+/t24-,25-/m0/s1. The third kappa shape index (κ3) is 4.32.